The predicted octanol–water partition coefficient (Wildman–Crippen LogP) is 0.588. The molecule has 0 bridgehead atoms. The van der Waals surface area contributed by atoms with Crippen molar-refractivity contribution in [2.75, 3.05) is 13.2 Å². The molecule has 1 aliphatic carbocycles. The van der Waals surface area contributed by atoms with E-state index in [0.29, 0.717) is 24.8 Å². The summed E-state index contributed by atoms with van der Waals surface area (Å²) >= 11 is 0. The van der Waals surface area contributed by atoms with Gasteiger partial charge in [0.1, 0.15) is 0 Å². The maximum absolute atomic E-state index is 11.6. The molecule has 5 heteroatoms. The molecule has 2 rings (SSSR count). The van der Waals surface area contributed by atoms with E-state index >= 15 is 0 Å². The van der Waals surface area contributed by atoms with E-state index in [9.17, 15) is 9.59 Å². The Kier molecular flexibility index (Phi) is 4.14. The van der Waals surface area contributed by atoms with E-state index in [1.54, 1.807) is 6.92 Å². The molecule has 0 aromatic carbocycles. The SMILES string of the molecule is CC1=CC(=O)N(CCOC2CCC(N)CC2)C1=O. The van der Waals surface area contributed by atoms with Gasteiger partial charge in [-0.15, -0.1) is 0 Å². The van der Waals surface area contributed by atoms with Crippen LogP contribution in [0.1, 0.15) is 32.6 Å². The minimum Gasteiger partial charge on any atom is -0.376 e. The van der Waals surface area contributed by atoms with Crippen molar-refractivity contribution in [3.8, 4) is 0 Å². The van der Waals surface area contributed by atoms with Crippen LogP contribution in [0.5, 0.6) is 0 Å². The average molecular weight is 252 g/mol. The molecule has 0 unspecified atom stereocenters. The van der Waals surface area contributed by atoms with Crippen molar-refractivity contribution in [2.45, 2.75) is 44.8 Å². The lowest BCUT2D eigenvalue weighted by atomic mass is 9.94. The van der Waals surface area contributed by atoms with Crippen LogP contribution in [0.4, 0.5) is 0 Å². The summed E-state index contributed by atoms with van der Waals surface area (Å²) in [6.45, 7) is 2.41. The normalized spacial score (nSPS) is 28.8. The van der Waals surface area contributed by atoms with Gasteiger partial charge in [0.25, 0.3) is 11.8 Å². The molecule has 0 atom stereocenters. The number of ether oxygens (including phenoxy) is 1. The number of hydrogen-bond acceptors (Lipinski definition) is 4. The molecule has 1 aliphatic heterocycles. The Balaban J connectivity index is 1.70. The van der Waals surface area contributed by atoms with Crippen LogP contribution in [-0.2, 0) is 14.3 Å². The minimum atomic E-state index is -0.230. The number of hydrogen-bond donors (Lipinski definition) is 1. The summed E-state index contributed by atoms with van der Waals surface area (Å²) in [6.07, 6.45) is 5.54. The van der Waals surface area contributed by atoms with Gasteiger partial charge in [0.15, 0.2) is 0 Å². The first kappa shape index (κ1) is 13.2. The lowest BCUT2D eigenvalue weighted by Crippen LogP contribution is -2.36. The van der Waals surface area contributed by atoms with Crippen LogP contribution < -0.4 is 5.73 Å². The first-order valence-electron chi connectivity index (χ1n) is 6.49. The summed E-state index contributed by atoms with van der Waals surface area (Å²) in [5, 5.41) is 0. The van der Waals surface area contributed by atoms with Crippen molar-refractivity contribution in [3.05, 3.63) is 11.6 Å². The van der Waals surface area contributed by atoms with Gasteiger partial charge in [0, 0.05) is 17.7 Å². The summed E-state index contributed by atoms with van der Waals surface area (Å²) in [4.78, 5) is 24.3. The zero-order valence-corrected chi connectivity index (χ0v) is 10.7. The third kappa shape index (κ3) is 2.97. The first-order valence-corrected chi connectivity index (χ1v) is 6.49. The van der Waals surface area contributed by atoms with Crippen molar-refractivity contribution in [1.29, 1.82) is 0 Å². The van der Waals surface area contributed by atoms with E-state index in [0.717, 1.165) is 25.7 Å². The molecule has 0 saturated heterocycles. The monoisotopic (exact) mass is 252 g/mol. The van der Waals surface area contributed by atoms with Gasteiger partial charge in [0.05, 0.1) is 19.3 Å². The Morgan fingerprint density at radius 3 is 2.56 bits per heavy atom. The third-order valence-corrected chi connectivity index (χ3v) is 3.58. The van der Waals surface area contributed by atoms with E-state index in [4.69, 9.17) is 10.5 Å². The van der Waals surface area contributed by atoms with Gasteiger partial charge >= 0.3 is 0 Å². The highest BCUT2D eigenvalue weighted by molar-refractivity contribution is 6.15. The molecule has 5 nitrogen and oxygen atoms in total. The molecule has 0 radical (unpaired) electrons. The Bertz CT molecular complexity index is 370. The molecule has 2 N–H and O–H groups in total. The number of amides is 2. The molecule has 2 aliphatic rings. The quantitative estimate of drug-likeness (QED) is 0.743. The number of nitrogens with two attached hydrogens (primary N) is 1. The third-order valence-electron chi connectivity index (χ3n) is 3.58. The zero-order valence-electron chi connectivity index (χ0n) is 10.7. The van der Waals surface area contributed by atoms with Gasteiger partial charge in [-0.1, -0.05) is 0 Å². The van der Waals surface area contributed by atoms with Crippen LogP contribution >= 0.6 is 0 Å². The number of rotatable bonds is 4. The number of carbonyl (C=O) groups excluding carboxylic acids is 2. The van der Waals surface area contributed by atoms with E-state index < -0.39 is 0 Å². The van der Waals surface area contributed by atoms with E-state index in [2.05, 4.69) is 0 Å². The molecule has 0 spiro atoms. The summed E-state index contributed by atoms with van der Waals surface area (Å²) in [7, 11) is 0. The second-order valence-corrected chi connectivity index (χ2v) is 5.03. The smallest absolute Gasteiger partial charge is 0.256 e. The average Bonchev–Trinajstić information content (AvgIpc) is 2.58. The van der Waals surface area contributed by atoms with Crippen molar-refractivity contribution < 1.29 is 14.3 Å². The van der Waals surface area contributed by atoms with Gasteiger partial charge in [-0.05, 0) is 32.6 Å². The van der Waals surface area contributed by atoms with Crippen molar-refractivity contribution in [2.24, 2.45) is 5.73 Å². The van der Waals surface area contributed by atoms with Crippen LogP contribution in [0.2, 0.25) is 0 Å². The van der Waals surface area contributed by atoms with Gasteiger partial charge in [-0.3, -0.25) is 14.5 Å². The fourth-order valence-corrected chi connectivity index (χ4v) is 2.42. The molecule has 1 fully saturated rings. The second kappa shape index (κ2) is 5.63. The van der Waals surface area contributed by atoms with Crippen LogP contribution in [-0.4, -0.2) is 42.0 Å². The van der Waals surface area contributed by atoms with Gasteiger partial charge in [-0.2, -0.15) is 0 Å². The zero-order chi connectivity index (χ0) is 13.1. The van der Waals surface area contributed by atoms with Crippen LogP contribution in [0.25, 0.3) is 0 Å². The highest BCUT2D eigenvalue weighted by Gasteiger charge is 2.28. The highest BCUT2D eigenvalue weighted by atomic mass is 16.5. The van der Waals surface area contributed by atoms with E-state index in [1.807, 2.05) is 0 Å². The summed E-state index contributed by atoms with van der Waals surface area (Å²) in [6, 6.07) is 0.304. The fraction of sp³-hybridized carbons (Fsp3) is 0.692. The van der Waals surface area contributed by atoms with Gasteiger partial charge < -0.3 is 10.5 Å². The van der Waals surface area contributed by atoms with E-state index in [-0.39, 0.29) is 17.9 Å². The summed E-state index contributed by atoms with van der Waals surface area (Å²) in [5.74, 6) is -0.430. The Morgan fingerprint density at radius 1 is 1.33 bits per heavy atom. The molecule has 0 aromatic heterocycles. The van der Waals surface area contributed by atoms with Crippen LogP contribution in [0, 0.1) is 0 Å². The molecule has 1 saturated carbocycles. The van der Waals surface area contributed by atoms with Crippen LogP contribution in [0.3, 0.4) is 0 Å². The minimum absolute atomic E-state index is 0.200. The molecule has 0 aromatic rings. The molecular formula is C13H20N2O3. The van der Waals surface area contributed by atoms with Crippen LogP contribution in [0.15, 0.2) is 11.6 Å². The standard InChI is InChI=1S/C13H20N2O3/c1-9-8-12(16)15(13(9)17)6-7-18-11-4-2-10(14)3-5-11/h8,10-11H,2-7,14H2,1H3. The Morgan fingerprint density at radius 2 is 2.00 bits per heavy atom. The summed E-state index contributed by atoms with van der Waals surface area (Å²) in [5.41, 5.74) is 6.32. The Labute approximate surface area is 107 Å². The van der Waals surface area contributed by atoms with Gasteiger partial charge in [0.2, 0.25) is 0 Å². The molecule has 100 valence electrons. The number of imide groups is 1. The predicted molar refractivity (Wildman–Crippen MR) is 66.7 cm³/mol. The van der Waals surface area contributed by atoms with E-state index in [1.165, 1.54) is 11.0 Å². The van der Waals surface area contributed by atoms with Crippen molar-refractivity contribution in [3.63, 3.8) is 0 Å². The number of nitrogens with zero attached hydrogens (tertiary/aromatic N) is 1. The fourth-order valence-electron chi connectivity index (χ4n) is 2.42. The molecule has 1 heterocycles. The maximum atomic E-state index is 11.6. The maximum Gasteiger partial charge on any atom is 0.256 e. The topological polar surface area (TPSA) is 72.6 Å². The highest BCUT2D eigenvalue weighted by Crippen LogP contribution is 2.20. The van der Waals surface area contributed by atoms with Gasteiger partial charge in [-0.25, -0.2) is 0 Å². The molecule has 18 heavy (non-hydrogen) atoms. The van der Waals surface area contributed by atoms with Crippen molar-refractivity contribution in [1.82, 2.24) is 4.90 Å². The number of carbonyl (C=O) groups is 2. The molecule has 2 amide bonds. The largest absolute Gasteiger partial charge is 0.376 e. The van der Waals surface area contributed by atoms with Crippen molar-refractivity contribution >= 4 is 11.8 Å². The first-order chi connectivity index (χ1) is 8.58. The lowest BCUT2D eigenvalue weighted by molar-refractivity contribution is -0.138. The second-order valence-electron chi connectivity index (χ2n) is 5.03. The molecular weight excluding hydrogens is 232 g/mol. The summed E-state index contributed by atoms with van der Waals surface area (Å²) < 4.78 is 5.70. The lowest BCUT2D eigenvalue weighted by Gasteiger charge is -2.26. The Hall–Kier alpha value is -1.20.